The molecule has 2 rings (SSSR count). The van der Waals surface area contributed by atoms with Gasteiger partial charge >= 0.3 is 12.1 Å². The number of amides is 1. The fourth-order valence-corrected chi connectivity index (χ4v) is 2.69. The maximum atomic E-state index is 12.0. The van der Waals surface area contributed by atoms with E-state index in [9.17, 15) is 9.59 Å². The summed E-state index contributed by atoms with van der Waals surface area (Å²) in [6.07, 6.45) is -0.505. The van der Waals surface area contributed by atoms with Gasteiger partial charge in [-0.25, -0.2) is 9.59 Å². The summed E-state index contributed by atoms with van der Waals surface area (Å²) in [7, 11) is 1.35. The van der Waals surface area contributed by atoms with Crippen molar-refractivity contribution in [2.75, 3.05) is 7.11 Å². The molecule has 0 atom stereocenters. The number of nitrogens with one attached hydrogen (secondary N) is 1. The van der Waals surface area contributed by atoms with Crippen LogP contribution in [0, 0.1) is 0 Å². The Balaban J connectivity index is 2.31. The molecular weight excluding hydrogens is 370 g/mol. The second-order valence-corrected chi connectivity index (χ2v) is 7.92. The van der Waals surface area contributed by atoms with Gasteiger partial charge in [0.05, 0.1) is 18.8 Å². The molecule has 0 saturated heterocycles. The molecule has 0 fully saturated rings. The number of esters is 1. The summed E-state index contributed by atoms with van der Waals surface area (Å²) in [4.78, 5) is 23.9. The number of benzene rings is 2. The van der Waals surface area contributed by atoms with Gasteiger partial charge in [0.15, 0.2) is 0 Å². The van der Waals surface area contributed by atoms with Crippen LogP contribution in [0.5, 0.6) is 5.75 Å². The predicted molar refractivity (Wildman–Crippen MR) is 112 cm³/mol. The second-order valence-electron chi connectivity index (χ2n) is 7.92. The minimum atomic E-state index is -0.572. The van der Waals surface area contributed by atoms with Gasteiger partial charge in [-0.05, 0) is 70.0 Å². The van der Waals surface area contributed by atoms with Gasteiger partial charge in [0.1, 0.15) is 11.4 Å². The van der Waals surface area contributed by atoms with Crippen molar-refractivity contribution < 1.29 is 23.8 Å². The average molecular weight is 399 g/mol. The Morgan fingerprint density at radius 3 is 2.34 bits per heavy atom. The van der Waals surface area contributed by atoms with Crippen LogP contribution in [-0.2, 0) is 16.0 Å². The Kier molecular flexibility index (Phi) is 7.26. The number of carbonyl (C=O) groups excluding carboxylic acids is 2. The van der Waals surface area contributed by atoms with Gasteiger partial charge in [-0.2, -0.15) is 0 Å². The van der Waals surface area contributed by atoms with Crippen molar-refractivity contribution in [1.82, 2.24) is 5.32 Å². The Bertz CT molecular complexity index is 868. The highest BCUT2D eigenvalue weighted by atomic mass is 16.6. The van der Waals surface area contributed by atoms with E-state index in [1.807, 2.05) is 58.9 Å². The van der Waals surface area contributed by atoms with Crippen molar-refractivity contribution in [3.05, 3.63) is 53.6 Å². The molecule has 6 heteroatoms. The van der Waals surface area contributed by atoms with Crippen molar-refractivity contribution >= 4 is 12.1 Å². The first-order chi connectivity index (χ1) is 13.6. The molecule has 0 aliphatic carbocycles. The van der Waals surface area contributed by atoms with Crippen LogP contribution in [0.1, 0.15) is 50.5 Å². The Morgan fingerprint density at radius 2 is 1.72 bits per heavy atom. The molecule has 0 saturated carbocycles. The Hall–Kier alpha value is -3.02. The summed E-state index contributed by atoms with van der Waals surface area (Å²) in [5.74, 6) is 0.294. The van der Waals surface area contributed by atoms with Crippen molar-refractivity contribution in [3.63, 3.8) is 0 Å². The van der Waals surface area contributed by atoms with Crippen molar-refractivity contribution in [1.29, 1.82) is 0 Å². The topological polar surface area (TPSA) is 73.9 Å². The molecule has 0 aromatic heterocycles. The van der Waals surface area contributed by atoms with Crippen molar-refractivity contribution in [2.45, 2.75) is 52.9 Å². The molecule has 1 N–H and O–H groups in total. The lowest BCUT2D eigenvalue weighted by atomic mass is 10.0. The van der Waals surface area contributed by atoms with Gasteiger partial charge in [0.2, 0.25) is 0 Å². The summed E-state index contributed by atoms with van der Waals surface area (Å²) in [5.41, 5.74) is 2.47. The first-order valence-electron chi connectivity index (χ1n) is 9.54. The van der Waals surface area contributed by atoms with E-state index in [-0.39, 0.29) is 12.6 Å². The number of rotatable bonds is 6. The minimum Gasteiger partial charge on any atom is -0.491 e. The number of hydrogen-bond donors (Lipinski definition) is 1. The number of hydrogen-bond acceptors (Lipinski definition) is 5. The van der Waals surface area contributed by atoms with Gasteiger partial charge in [0, 0.05) is 12.1 Å². The molecule has 156 valence electrons. The summed E-state index contributed by atoms with van der Waals surface area (Å²) in [6, 6.07) is 12.9. The molecule has 29 heavy (non-hydrogen) atoms. The Labute approximate surface area is 172 Å². The molecule has 0 spiro atoms. The zero-order valence-electron chi connectivity index (χ0n) is 17.9. The molecular formula is C23H29NO5. The number of alkyl carbamates (subject to hydrolysis) is 1. The fourth-order valence-electron chi connectivity index (χ4n) is 2.69. The fraction of sp³-hybridized carbons (Fsp3) is 0.391. The third kappa shape index (κ3) is 6.82. The molecule has 0 bridgehead atoms. The average Bonchev–Trinajstić information content (AvgIpc) is 2.65. The minimum absolute atomic E-state index is 0.0104. The molecule has 0 aliphatic heterocycles. The smallest absolute Gasteiger partial charge is 0.407 e. The zero-order valence-corrected chi connectivity index (χ0v) is 17.9. The van der Waals surface area contributed by atoms with Crippen LogP contribution in [0.25, 0.3) is 11.1 Å². The van der Waals surface area contributed by atoms with Crippen LogP contribution in [-0.4, -0.2) is 30.9 Å². The van der Waals surface area contributed by atoms with E-state index < -0.39 is 17.7 Å². The van der Waals surface area contributed by atoms with Gasteiger partial charge in [-0.1, -0.05) is 18.2 Å². The van der Waals surface area contributed by atoms with Crippen LogP contribution in [0.15, 0.2) is 42.5 Å². The molecule has 1 amide bonds. The van der Waals surface area contributed by atoms with Gasteiger partial charge < -0.3 is 19.5 Å². The van der Waals surface area contributed by atoms with E-state index in [4.69, 9.17) is 14.2 Å². The van der Waals surface area contributed by atoms with Crippen LogP contribution in [0.4, 0.5) is 4.79 Å². The van der Waals surface area contributed by atoms with E-state index in [0.29, 0.717) is 11.3 Å². The quantitative estimate of drug-likeness (QED) is 0.696. The maximum Gasteiger partial charge on any atom is 0.407 e. The maximum absolute atomic E-state index is 12.0. The molecule has 0 unspecified atom stereocenters. The lowest BCUT2D eigenvalue weighted by molar-refractivity contribution is 0.0522. The van der Waals surface area contributed by atoms with Gasteiger partial charge in [-0.15, -0.1) is 0 Å². The monoisotopic (exact) mass is 399 g/mol. The lowest BCUT2D eigenvalue weighted by Gasteiger charge is -2.20. The van der Waals surface area contributed by atoms with Crippen LogP contribution < -0.4 is 10.1 Å². The third-order valence-corrected chi connectivity index (χ3v) is 3.86. The van der Waals surface area contributed by atoms with Crippen LogP contribution in [0.2, 0.25) is 0 Å². The zero-order chi connectivity index (χ0) is 21.6. The summed E-state index contributed by atoms with van der Waals surface area (Å²) >= 11 is 0. The molecule has 0 heterocycles. The summed E-state index contributed by atoms with van der Waals surface area (Å²) < 4.78 is 16.0. The highest BCUT2D eigenvalue weighted by Crippen LogP contribution is 2.28. The normalized spacial score (nSPS) is 11.1. The highest BCUT2D eigenvalue weighted by molar-refractivity contribution is 5.91. The first-order valence-corrected chi connectivity index (χ1v) is 9.54. The van der Waals surface area contributed by atoms with Gasteiger partial charge in [-0.3, -0.25) is 0 Å². The van der Waals surface area contributed by atoms with Crippen molar-refractivity contribution in [3.8, 4) is 16.9 Å². The standard InChI is InChI=1S/C23H29NO5/c1-15(2)28-20-11-10-17(16-8-7-9-18(12-16)21(25)27-6)13-19(20)14-24-22(26)29-23(3,4)5/h7-13,15H,14H2,1-6H3,(H,24,26). The van der Waals surface area contributed by atoms with E-state index in [1.165, 1.54) is 7.11 Å². The molecule has 6 nitrogen and oxygen atoms in total. The first kappa shape index (κ1) is 22.3. The van der Waals surface area contributed by atoms with E-state index in [0.717, 1.165) is 16.7 Å². The molecule has 0 aliphatic rings. The summed E-state index contributed by atoms with van der Waals surface area (Å²) in [5, 5.41) is 2.77. The SMILES string of the molecule is COC(=O)c1cccc(-c2ccc(OC(C)C)c(CNC(=O)OC(C)(C)C)c2)c1. The molecule has 0 radical (unpaired) electrons. The third-order valence-electron chi connectivity index (χ3n) is 3.86. The van der Waals surface area contributed by atoms with Gasteiger partial charge in [0.25, 0.3) is 0 Å². The summed E-state index contributed by atoms with van der Waals surface area (Å²) in [6.45, 7) is 9.58. The van der Waals surface area contributed by atoms with Crippen LogP contribution >= 0.6 is 0 Å². The molecule has 2 aromatic carbocycles. The lowest BCUT2D eigenvalue weighted by Crippen LogP contribution is -2.32. The van der Waals surface area contributed by atoms with E-state index >= 15 is 0 Å². The van der Waals surface area contributed by atoms with E-state index in [1.54, 1.807) is 18.2 Å². The number of methoxy groups -OCH3 is 1. The van der Waals surface area contributed by atoms with E-state index in [2.05, 4.69) is 5.32 Å². The Morgan fingerprint density at radius 1 is 1.03 bits per heavy atom. The second kappa shape index (κ2) is 9.45. The number of ether oxygens (including phenoxy) is 3. The van der Waals surface area contributed by atoms with Crippen molar-refractivity contribution in [2.24, 2.45) is 0 Å². The number of carbonyl (C=O) groups is 2. The largest absolute Gasteiger partial charge is 0.491 e. The van der Waals surface area contributed by atoms with Crippen LogP contribution in [0.3, 0.4) is 0 Å². The predicted octanol–water partition coefficient (Wildman–Crippen LogP) is 4.95. The highest BCUT2D eigenvalue weighted by Gasteiger charge is 2.17. The molecule has 2 aromatic rings.